The van der Waals surface area contributed by atoms with Crippen LogP contribution in [0.5, 0.6) is 0 Å². The lowest BCUT2D eigenvalue weighted by Gasteiger charge is -2.48. The van der Waals surface area contributed by atoms with Crippen LogP contribution in [0.1, 0.15) is 92.2 Å². The zero-order valence-corrected chi connectivity index (χ0v) is 47.8. The second-order valence-electron chi connectivity index (χ2n) is 26.6. The first-order valence-electron chi connectivity index (χ1n) is 31.8. The predicted molar refractivity (Wildman–Crippen MR) is 339 cm³/mol. The second-order valence-corrected chi connectivity index (χ2v) is 26.6. The number of hydrogen-bond acceptors (Lipinski definition) is 3. The molecule has 0 amide bonds. The third-order valence-electron chi connectivity index (χ3n) is 22.9. The van der Waals surface area contributed by atoms with E-state index in [0.29, 0.717) is 35.1 Å². The van der Waals surface area contributed by atoms with E-state index in [2.05, 4.69) is 237 Å². The highest BCUT2D eigenvalue weighted by Gasteiger charge is 2.73. The van der Waals surface area contributed by atoms with Gasteiger partial charge in [0.15, 0.2) is 0 Å². The van der Waals surface area contributed by atoms with Crippen molar-refractivity contribution in [3.8, 4) is 66.8 Å². The molecule has 9 atom stereocenters. The normalized spacial score (nSPS) is 30.1. The van der Waals surface area contributed by atoms with Crippen molar-refractivity contribution in [3.05, 3.63) is 253 Å². The highest BCUT2D eigenvalue weighted by Crippen LogP contribution is 2.71. The summed E-state index contributed by atoms with van der Waals surface area (Å²) in [6, 6.07) is 85.8. The summed E-state index contributed by atoms with van der Waals surface area (Å²) in [7, 11) is 0. The largest absolute Gasteiger partial charge is 0.299 e. The summed E-state index contributed by atoms with van der Waals surface area (Å²) in [4.78, 5) is 47.4. The molecule has 16 rings (SSSR count). The minimum Gasteiger partial charge on any atom is -0.299 e. The lowest BCUT2D eigenvalue weighted by molar-refractivity contribution is -0.138. The molecule has 0 aliphatic heterocycles. The highest BCUT2D eigenvalue weighted by atomic mass is 16.1. The van der Waals surface area contributed by atoms with Gasteiger partial charge in [-0.1, -0.05) is 237 Å². The van der Waals surface area contributed by atoms with E-state index in [0.717, 1.165) is 57.8 Å². The Morgan fingerprint density at radius 3 is 0.619 bits per heavy atom. The molecule has 0 spiro atoms. The van der Waals surface area contributed by atoms with Gasteiger partial charge in [-0.2, -0.15) is 0 Å². The minimum atomic E-state index is -0.191. The van der Waals surface area contributed by atoms with E-state index in [-0.39, 0.29) is 71.0 Å². The number of rotatable bonds is 9. The first-order valence-corrected chi connectivity index (χ1v) is 31.8. The van der Waals surface area contributed by atoms with E-state index in [9.17, 15) is 0 Å². The molecule has 7 aliphatic carbocycles. The van der Waals surface area contributed by atoms with Crippen LogP contribution in [0.3, 0.4) is 0 Å². The molecule has 9 aromatic rings. The van der Waals surface area contributed by atoms with E-state index in [4.69, 9.17) is 0 Å². The molecule has 7 saturated carbocycles. The summed E-state index contributed by atoms with van der Waals surface area (Å²) in [6.07, 6.45) is 8.61. The smallest absolute Gasteiger partial charge is 0.139 e. The Balaban J connectivity index is 0.670. The molecule has 0 heterocycles. The van der Waals surface area contributed by atoms with E-state index >= 15 is 14.4 Å². The fourth-order valence-electron chi connectivity index (χ4n) is 19.1. The zero-order chi connectivity index (χ0) is 56.0. The zero-order valence-electron chi connectivity index (χ0n) is 47.8. The van der Waals surface area contributed by atoms with Crippen LogP contribution in [0.25, 0.3) is 66.8 Å². The highest BCUT2D eigenvalue weighted by molar-refractivity contribution is 5.97. The van der Waals surface area contributed by atoms with Crippen molar-refractivity contribution < 1.29 is 14.4 Å². The molecule has 0 bridgehead atoms. The van der Waals surface area contributed by atoms with Crippen LogP contribution < -0.4 is 0 Å². The Kier molecular flexibility index (Phi) is 13.1. The summed E-state index contributed by atoms with van der Waals surface area (Å²) in [5, 5.41) is 0. The van der Waals surface area contributed by atoms with Crippen molar-refractivity contribution in [2.24, 2.45) is 71.0 Å². The van der Waals surface area contributed by atoms with Gasteiger partial charge in [-0.3, -0.25) is 14.4 Å². The molecule has 7 aliphatic rings. The number of ketones is 3. The fraction of sp³-hybridized carbons (Fsp3) is 0.296. The maximum Gasteiger partial charge on any atom is 0.139 e. The van der Waals surface area contributed by atoms with Gasteiger partial charge in [0.25, 0.3) is 0 Å². The van der Waals surface area contributed by atoms with Crippen LogP contribution in [-0.4, -0.2) is 17.3 Å². The van der Waals surface area contributed by atoms with E-state index < -0.39 is 0 Å². The average Bonchev–Trinajstić information content (AvgIpc) is 1.80. The van der Waals surface area contributed by atoms with Gasteiger partial charge in [-0.15, -0.1) is 0 Å². The topological polar surface area (TPSA) is 51.2 Å². The van der Waals surface area contributed by atoms with E-state index in [1.165, 1.54) is 83.5 Å². The third-order valence-corrected chi connectivity index (χ3v) is 22.9. The van der Waals surface area contributed by atoms with Crippen LogP contribution in [0.15, 0.2) is 237 Å². The lowest BCUT2D eigenvalue weighted by Crippen LogP contribution is -2.49. The van der Waals surface area contributed by atoms with Crippen LogP contribution in [0.4, 0.5) is 0 Å². The number of benzene rings is 9. The van der Waals surface area contributed by atoms with Gasteiger partial charge in [0.1, 0.15) is 17.3 Å². The van der Waals surface area contributed by atoms with E-state index in [1.807, 2.05) is 0 Å². The van der Waals surface area contributed by atoms with Crippen molar-refractivity contribution in [1.29, 1.82) is 0 Å². The first kappa shape index (κ1) is 51.6. The number of carbonyl (C=O) groups excluding carboxylic acids is 3. The maximum atomic E-state index is 15.8. The number of Topliss-reactive ketones (excluding diaryl/α,β-unsaturated/α-hetero) is 3. The number of carbonyl (C=O) groups is 3. The molecule has 3 heteroatoms. The molecule has 414 valence electrons. The molecule has 84 heavy (non-hydrogen) atoms. The Morgan fingerprint density at radius 1 is 0.214 bits per heavy atom. The Bertz CT molecular complexity index is 3450. The van der Waals surface area contributed by atoms with Gasteiger partial charge in [-0.25, -0.2) is 0 Å². The number of fused-ring (bicyclic) bond motifs is 12. The van der Waals surface area contributed by atoms with Crippen molar-refractivity contribution in [3.63, 3.8) is 0 Å². The van der Waals surface area contributed by atoms with Gasteiger partial charge >= 0.3 is 0 Å². The Labute approximate surface area is 495 Å². The van der Waals surface area contributed by atoms with Crippen LogP contribution in [0, 0.1) is 71.0 Å². The molecule has 3 nitrogen and oxygen atoms in total. The van der Waals surface area contributed by atoms with Gasteiger partial charge in [0.2, 0.25) is 0 Å². The maximum absolute atomic E-state index is 15.8. The van der Waals surface area contributed by atoms with Crippen molar-refractivity contribution in [2.75, 3.05) is 0 Å². The molecule has 0 N–H and O–H groups in total. The third kappa shape index (κ3) is 8.85. The predicted octanol–water partition coefficient (Wildman–Crippen LogP) is 19.0. The summed E-state index contributed by atoms with van der Waals surface area (Å²) in [5.74, 6) is 2.19. The summed E-state index contributed by atoms with van der Waals surface area (Å²) in [5.41, 5.74) is 18.5. The minimum absolute atomic E-state index is 0.0543. The Morgan fingerprint density at radius 2 is 0.405 bits per heavy atom. The molecule has 0 aromatic heterocycles. The average molecular weight is 1090 g/mol. The van der Waals surface area contributed by atoms with Crippen LogP contribution in [-0.2, 0) is 14.4 Å². The molecule has 9 unspecified atom stereocenters. The fourth-order valence-corrected chi connectivity index (χ4v) is 19.1. The molecule has 0 saturated heterocycles. The Hall–Kier alpha value is -8.01. The molecular weight excluding hydrogens is 1020 g/mol. The SMILES string of the molecule is O=C1C2CC(c3ccc(-c4ccc(-c5ccccc5)cc4)cc3)CCC2C2C1C1C3CCC(c4ccc(-c5ccc(-c6ccccc6)cc5)cc4)CC3C(=O)C1C1C3CCC(c4ccc(-c5ccc(-c6ccccc6)cc5)cc4)CC3C(=O)C21. The molecule has 0 radical (unpaired) electrons. The lowest BCUT2D eigenvalue weighted by atomic mass is 9.54. The summed E-state index contributed by atoms with van der Waals surface area (Å²) >= 11 is 0. The summed E-state index contributed by atoms with van der Waals surface area (Å²) in [6.45, 7) is 0. The van der Waals surface area contributed by atoms with Crippen molar-refractivity contribution in [2.45, 2.75) is 75.5 Å². The van der Waals surface area contributed by atoms with Gasteiger partial charge < -0.3 is 0 Å². The number of hydrogen-bond donors (Lipinski definition) is 0. The van der Waals surface area contributed by atoms with E-state index in [1.54, 1.807) is 0 Å². The van der Waals surface area contributed by atoms with Gasteiger partial charge in [0.05, 0.1) is 0 Å². The quantitative estimate of drug-likeness (QED) is 0.145. The van der Waals surface area contributed by atoms with Crippen molar-refractivity contribution >= 4 is 17.3 Å². The second kappa shape index (κ2) is 21.3. The first-order chi connectivity index (χ1) is 41.4. The standard InChI is InChI=1S/C81H72O3/c82-79-70-46-64(61-34-28-58(29-35-61)55-22-16-52(17-23-55)49-10-4-1-5-11-49)40-43-67(70)73-76(79)74-68-44-41-65(62-36-30-59(31-37-62)56-24-18-53(19-25-56)50-12-6-2-7-13-50)47-71(68)81(84)78(74)75-69-45-42-66(48-72(69)80(83)77(73)75)63-38-32-60(33-39-63)57-26-20-54(21-27-57)51-14-8-3-9-15-51/h1-39,64-78H,40-48H2. The monoisotopic (exact) mass is 1090 g/mol. The van der Waals surface area contributed by atoms with Crippen LogP contribution >= 0.6 is 0 Å². The van der Waals surface area contributed by atoms with Gasteiger partial charge in [0, 0.05) is 35.5 Å². The van der Waals surface area contributed by atoms with Crippen molar-refractivity contribution in [1.82, 2.24) is 0 Å². The van der Waals surface area contributed by atoms with Crippen LogP contribution in [0.2, 0.25) is 0 Å². The van der Waals surface area contributed by atoms with Gasteiger partial charge in [-0.05, 0) is 195 Å². The summed E-state index contributed by atoms with van der Waals surface area (Å²) < 4.78 is 0. The molecule has 7 fully saturated rings. The molecular formula is C81H72O3. The molecule has 9 aromatic carbocycles.